The minimum atomic E-state index is -3.90. The van der Waals surface area contributed by atoms with Crippen molar-refractivity contribution >= 4 is 21.9 Å². The largest absolute Gasteiger partial charge is 0.338 e. The molecule has 0 bridgehead atoms. The lowest BCUT2D eigenvalue weighted by molar-refractivity contribution is -0.147. The highest BCUT2D eigenvalue weighted by Crippen LogP contribution is 2.39. The van der Waals surface area contributed by atoms with Crippen LogP contribution in [-0.4, -0.2) is 27.5 Å². The Morgan fingerprint density at radius 3 is 2.55 bits per heavy atom. The lowest BCUT2D eigenvalue weighted by atomic mass is 10.1. The van der Waals surface area contributed by atoms with Crippen molar-refractivity contribution in [3.8, 4) is 0 Å². The molecule has 0 radical (unpaired) electrons. The molecule has 1 aromatic carbocycles. The second-order valence-corrected chi connectivity index (χ2v) is 6.62. The van der Waals surface area contributed by atoms with Crippen molar-refractivity contribution < 1.29 is 22.1 Å². The molecule has 1 heterocycles. The van der Waals surface area contributed by atoms with Gasteiger partial charge in [0.2, 0.25) is 0 Å². The summed E-state index contributed by atoms with van der Waals surface area (Å²) in [7, 11) is -2.84. The monoisotopic (exact) mass is 321 g/mol. The Kier molecular flexibility index (Phi) is 4.38. The summed E-state index contributed by atoms with van der Waals surface area (Å²) in [5.41, 5.74) is 0.642. The molecule has 1 fully saturated rings. The molecule has 8 heteroatoms. The van der Waals surface area contributed by atoms with E-state index in [2.05, 4.69) is 8.91 Å². The lowest BCUT2D eigenvalue weighted by Gasteiger charge is -2.18. The van der Waals surface area contributed by atoms with Crippen molar-refractivity contribution in [2.75, 3.05) is 7.11 Å². The van der Waals surface area contributed by atoms with E-state index in [9.17, 15) is 8.42 Å². The second-order valence-electron chi connectivity index (χ2n) is 4.74. The first-order chi connectivity index (χ1) is 9.24. The Morgan fingerprint density at radius 2 is 1.95 bits per heavy atom. The number of hydrogen-bond donors (Lipinski definition) is 1. The lowest BCUT2D eigenvalue weighted by Crippen LogP contribution is -2.39. The number of nitrogens with one attached hydrogen (secondary N) is 1. The summed E-state index contributed by atoms with van der Waals surface area (Å²) in [6, 6.07) is 7.03. The van der Waals surface area contributed by atoms with Crippen molar-refractivity contribution in [2.45, 2.75) is 32.0 Å². The molecule has 0 amide bonds. The molecule has 6 nitrogen and oxygen atoms in total. The van der Waals surface area contributed by atoms with E-state index in [0.29, 0.717) is 10.6 Å². The first-order valence-corrected chi connectivity index (χ1v) is 7.71. The molecule has 112 valence electrons. The summed E-state index contributed by atoms with van der Waals surface area (Å²) in [5, 5.41) is 0.473. The number of hydrogen-bond acceptors (Lipinski definition) is 5. The summed E-state index contributed by atoms with van der Waals surface area (Å²) in [6.07, 6.45) is -1.58. The van der Waals surface area contributed by atoms with E-state index in [4.69, 9.17) is 21.1 Å². The summed E-state index contributed by atoms with van der Waals surface area (Å²) in [4.78, 5) is 0. The molecule has 0 spiro atoms. The van der Waals surface area contributed by atoms with E-state index in [1.807, 2.05) is 0 Å². The number of benzene rings is 1. The van der Waals surface area contributed by atoms with Crippen LogP contribution in [0.5, 0.6) is 0 Å². The molecule has 1 aliphatic rings. The van der Waals surface area contributed by atoms with Crippen LogP contribution < -0.4 is 4.72 Å². The van der Waals surface area contributed by atoms with E-state index in [0.717, 1.165) is 7.11 Å². The van der Waals surface area contributed by atoms with Gasteiger partial charge in [-0.15, -0.1) is 0 Å². The molecular weight excluding hydrogens is 306 g/mol. The van der Waals surface area contributed by atoms with Crippen LogP contribution in [0.15, 0.2) is 24.3 Å². The van der Waals surface area contributed by atoms with Crippen LogP contribution in [0, 0.1) is 0 Å². The van der Waals surface area contributed by atoms with E-state index in [1.54, 1.807) is 38.1 Å². The molecule has 1 aliphatic heterocycles. The van der Waals surface area contributed by atoms with Crippen LogP contribution >= 0.6 is 11.6 Å². The van der Waals surface area contributed by atoms with Gasteiger partial charge in [-0.3, -0.25) is 4.18 Å². The Morgan fingerprint density at radius 1 is 1.30 bits per heavy atom. The van der Waals surface area contributed by atoms with Crippen molar-refractivity contribution in [1.29, 1.82) is 0 Å². The van der Waals surface area contributed by atoms with Gasteiger partial charge in [-0.2, -0.15) is 13.1 Å². The average molecular weight is 322 g/mol. The highest BCUT2D eigenvalue weighted by molar-refractivity contribution is 7.84. The maximum atomic E-state index is 11.5. The van der Waals surface area contributed by atoms with Gasteiger partial charge in [-0.05, 0) is 19.9 Å². The van der Waals surface area contributed by atoms with Gasteiger partial charge in [0.15, 0.2) is 12.0 Å². The van der Waals surface area contributed by atoms with Crippen LogP contribution in [0.3, 0.4) is 0 Å². The quantitative estimate of drug-likeness (QED) is 0.917. The van der Waals surface area contributed by atoms with E-state index in [1.165, 1.54) is 0 Å². The molecule has 0 aromatic heterocycles. The summed E-state index contributed by atoms with van der Waals surface area (Å²) in [6.45, 7) is 3.38. The summed E-state index contributed by atoms with van der Waals surface area (Å²) < 4.78 is 41.0. The van der Waals surface area contributed by atoms with Crippen LogP contribution in [0.25, 0.3) is 0 Å². The molecule has 1 aromatic rings. The fourth-order valence-electron chi connectivity index (χ4n) is 1.97. The topological polar surface area (TPSA) is 73.9 Å². The van der Waals surface area contributed by atoms with E-state index >= 15 is 0 Å². The highest BCUT2D eigenvalue weighted by Gasteiger charge is 2.44. The third kappa shape index (κ3) is 3.49. The fourth-order valence-corrected chi connectivity index (χ4v) is 2.77. The van der Waals surface area contributed by atoms with Crippen molar-refractivity contribution in [3.63, 3.8) is 0 Å². The Hall–Kier alpha value is -0.700. The van der Waals surface area contributed by atoms with Gasteiger partial charge >= 0.3 is 10.3 Å². The SMILES string of the molecule is COS(=O)(=O)N[C@H]1OC(C)(C)O[C@@H]1c1ccccc1Cl. The molecule has 0 unspecified atom stereocenters. The molecule has 2 rings (SSSR count). The normalized spacial score (nSPS) is 25.8. The van der Waals surface area contributed by atoms with Crippen LogP contribution in [0.1, 0.15) is 25.5 Å². The maximum Gasteiger partial charge on any atom is 0.337 e. The van der Waals surface area contributed by atoms with E-state index < -0.39 is 28.4 Å². The second kappa shape index (κ2) is 5.59. The minimum Gasteiger partial charge on any atom is -0.338 e. The smallest absolute Gasteiger partial charge is 0.337 e. The van der Waals surface area contributed by atoms with Gasteiger partial charge in [0.25, 0.3) is 0 Å². The Balaban J connectivity index is 2.32. The molecular formula is C12H16ClNO5S. The zero-order chi connectivity index (χ0) is 15.0. The number of rotatable bonds is 4. The number of ether oxygens (including phenoxy) is 2. The van der Waals surface area contributed by atoms with Crippen molar-refractivity contribution in [1.82, 2.24) is 4.72 Å². The standard InChI is InChI=1S/C12H16ClNO5S/c1-12(2)18-10(8-6-4-5-7-9(8)13)11(19-12)14-20(15,16)17-3/h4-7,10-11,14H,1-3H3/t10-,11+/m1/s1. The Labute approximate surface area is 123 Å². The van der Waals surface area contributed by atoms with Crippen LogP contribution in [0.2, 0.25) is 5.02 Å². The maximum absolute atomic E-state index is 11.5. The fraction of sp³-hybridized carbons (Fsp3) is 0.500. The summed E-state index contributed by atoms with van der Waals surface area (Å²) >= 11 is 6.12. The summed E-state index contributed by atoms with van der Waals surface area (Å²) in [5.74, 6) is -0.940. The first kappa shape index (κ1) is 15.7. The van der Waals surface area contributed by atoms with Gasteiger partial charge in [0.05, 0.1) is 7.11 Å². The zero-order valence-corrected chi connectivity index (χ0v) is 12.9. The first-order valence-electron chi connectivity index (χ1n) is 5.92. The van der Waals surface area contributed by atoms with Gasteiger partial charge in [0, 0.05) is 10.6 Å². The molecule has 0 aliphatic carbocycles. The molecule has 1 N–H and O–H groups in total. The Bertz CT molecular complexity index is 589. The van der Waals surface area contributed by atoms with Gasteiger partial charge in [-0.25, -0.2) is 0 Å². The van der Waals surface area contributed by atoms with Gasteiger partial charge in [0.1, 0.15) is 6.10 Å². The molecule has 2 atom stereocenters. The predicted octanol–water partition coefficient (Wildman–Crippen LogP) is 1.97. The average Bonchev–Trinajstić information content (AvgIpc) is 2.64. The molecule has 0 saturated carbocycles. The van der Waals surface area contributed by atoms with Gasteiger partial charge in [-0.1, -0.05) is 29.8 Å². The van der Waals surface area contributed by atoms with E-state index in [-0.39, 0.29) is 0 Å². The molecule has 1 saturated heterocycles. The zero-order valence-electron chi connectivity index (χ0n) is 11.3. The third-order valence-electron chi connectivity index (χ3n) is 2.79. The third-order valence-corrected chi connectivity index (χ3v) is 4.09. The number of halogens is 1. The van der Waals surface area contributed by atoms with Crippen LogP contribution in [0.4, 0.5) is 0 Å². The molecule has 20 heavy (non-hydrogen) atoms. The van der Waals surface area contributed by atoms with Crippen LogP contribution in [-0.2, 0) is 24.0 Å². The van der Waals surface area contributed by atoms with Crippen molar-refractivity contribution in [2.24, 2.45) is 0 Å². The predicted molar refractivity (Wildman–Crippen MR) is 73.3 cm³/mol. The van der Waals surface area contributed by atoms with Gasteiger partial charge < -0.3 is 9.47 Å². The minimum absolute atomic E-state index is 0.473. The highest BCUT2D eigenvalue weighted by atomic mass is 35.5. The van der Waals surface area contributed by atoms with Crippen molar-refractivity contribution in [3.05, 3.63) is 34.9 Å².